The Labute approximate surface area is 212 Å². The van der Waals surface area contributed by atoms with Gasteiger partial charge in [0, 0.05) is 45.5 Å². The van der Waals surface area contributed by atoms with Gasteiger partial charge in [0.05, 0.1) is 12.8 Å². The fourth-order valence-electron chi connectivity index (χ4n) is 5.40. The van der Waals surface area contributed by atoms with Crippen LogP contribution in [0.25, 0.3) is 11.3 Å². The quantitative estimate of drug-likeness (QED) is 0.321. The van der Waals surface area contributed by atoms with Crippen molar-refractivity contribution >= 4 is 11.9 Å². The lowest BCUT2D eigenvalue weighted by atomic mass is 9.85. The lowest BCUT2D eigenvalue weighted by molar-refractivity contribution is -0.136. The number of carbonyl (C=O) groups excluding carboxylic acids is 2. The van der Waals surface area contributed by atoms with Gasteiger partial charge in [-0.15, -0.1) is 0 Å². The third-order valence-corrected chi connectivity index (χ3v) is 7.38. The Balaban J connectivity index is 1.27. The van der Waals surface area contributed by atoms with E-state index in [0.29, 0.717) is 39.0 Å². The lowest BCUT2D eigenvalue weighted by Crippen LogP contribution is -2.56. The van der Waals surface area contributed by atoms with Crippen molar-refractivity contribution in [2.24, 2.45) is 0 Å². The summed E-state index contributed by atoms with van der Waals surface area (Å²) in [5, 5.41) is 0. The molecule has 188 valence electrons. The zero-order valence-electron chi connectivity index (χ0n) is 20.8. The molecule has 0 unspecified atom stereocenters. The summed E-state index contributed by atoms with van der Waals surface area (Å²) < 4.78 is 10.7. The van der Waals surface area contributed by atoms with E-state index in [2.05, 4.69) is 29.2 Å². The summed E-state index contributed by atoms with van der Waals surface area (Å²) in [6.07, 6.45) is 3.67. The molecule has 3 heterocycles. The van der Waals surface area contributed by atoms with Gasteiger partial charge in [-0.3, -0.25) is 14.6 Å². The molecule has 2 saturated heterocycles. The number of ether oxygens (including phenoxy) is 1. The highest BCUT2D eigenvalue weighted by molar-refractivity contribution is 6.07. The first-order chi connectivity index (χ1) is 17.6. The smallest absolute Gasteiger partial charge is 0.327 e. The van der Waals surface area contributed by atoms with Crippen LogP contribution in [0.15, 0.2) is 77.4 Å². The summed E-state index contributed by atoms with van der Waals surface area (Å²) in [6.45, 7) is 3.74. The van der Waals surface area contributed by atoms with Crippen LogP contribution in [-0.2, 0) is 22.6 Å². The maximum atomic E-state index is 13.8. The van der Waals surface area contributed by atoms with Crippen LogP contribution in [0.1, 0.15) is 30.4 Å². The van der Waals surface area contributed by atoms with Crippen LogP contribution in [0.2, 0.25) is 0 Å². The molecule has 3 aromatic rings. The predicted molar refractivity (Wildman–Crippen MR) is 137 cm³/mol. The number of benzene rings is 2. The zero-order chi connectivity index (χ0) is 25.0. The zero-order valence-corrected chi connectivity index (χ0v) is 20.8. The average Bonchev–Trinajstić information content (AvgIpc) is 3.51. The van der Waals surface area contributed by atoms with Gasteiger partial charge in [0.15, 0.2) is 0 Å². The number of furan rings is 1. The van der Waals surface area contributed by atoms with Crippen molar-refractivity contribution in [2.45, 2.75) is 37.9 Å². The van der Waals surface area contributed by atoms with Crippen molar-refractivity contribution in [2.75, 3.05) is 33.4 Å². The van der Waals surface area contributed by atoms with Crippen LogP contribution in [0, 0.1) is 0 Å². The van der Waals surface area contributed by atoms with Gasteiger partial charge in [-0.25, -0.2) is 4.79 Å². The van der Waals surface area contributed by atoms with Crippen LogP contribution in [-0.4, -0.2) is 65.5 Å². The van der Waals surface area contributed by atoms with Gasteiger partial charge in [-0.2, -0.15) is 0 Å². The van der Waals surface area contributed by atoms with Crippen LogP contribution in [0.4, 0.5) is 4.79 Å². The number of amides is 3. The second kappa shape index (κ2) is 10.7. The summed E-state index contributed by atoms with van der Waals surface area (Å²) in [5.41, 5.74) is 2.47. The third kappa shape index (κ3) is 4.81. The minimum Gasteiger partial charge on any atom is -0.464 e. The first kappa shape index (κ1) is 24.3. The Morgan fingerprint density at radius 2 is 1.61 bits per heavy atom. The molecule has 3 amide bonds. The summed E-state index contributed by atoms with van der Waals surface area (Å²) in [7, 11) is 1.66. The summed E-state index contributed by atoms with van der Waals surface area (Å²) >= 11 is 0. The fourth-order valence-corrected chi connectivity index (χ4v) is 5.40. The van der Waals surface area contributed by atoms with Gasteiger partial charge in [-0.05, 0) is 42.5 Å². The lowest BCUT2D eigenvalue weighted by Gasteiger charge is -2.42. The first-order valence-corrected chi connectivity index (χ1v) is 12.6. The molecule has 0 radical (unpaired) electrons. The van der Waals surface area contributed by atoms with Gasteiger partial charge >= 0.3 is 6.03 Å². The van der Waals surface area contributed by atoms with Crippen molar-refractivity contribution in [3.63, 3.8) is 0 Å². The van der Waals surface area contributed by atoms with Gasteiger partial charge < -0.3 is 14.1 Å². The Hall–Kier alpha value is -3.42. The molecule has 0 aliphatic carbocycles. The highest BCUT2D eigenvalue weighted by atomic mass is 16.5. The molecule has 7 nitrogen and oxygen atoms in total. The number of likely N-dealkylation sites (tertiary alicyclic amines) is 1. The number of hydrogen-bond acceptors (Lipinski definition) is 5. The average molecular weight is 488 g/mol. The molecular formula is C29H33N3O4. The second-order valence-electron chi connectivity index (χ2n) is 9.64. The SMILES string of the molecule is COCCCN1C(=O)N(Cc2ccccc2)C(=O)C12CCN(Cc1ccc(-c3ccco3)cc1)CC2. The Morgan fingerprint density at radius 3 is 2.28 bits per heavy atom. The third-order valence-electron chi connectivity index (χ3n) is 7.38. The Bertz CT molecular complexity index is 1150. The van der Waals surface area contributed by atoms with Gasteiger partial charge in [0.25, 0.3) is 5.91 Å². The number of methoxy groups -OCH3 is 1. The van der Waals surface area contributed by atoms with E-state index in [1.54, 1.807) is 13.4 Å². The van der Waals surface area contributed by atoms with Gasteiger partial charge in [0.2, 0.25) is 0 Å². The van der Waals surface area contributed by atoms with Crippen molar-refractivity contribution < 1.29 is 18.7 Å². The number of piperidine rings is 1. The van der Waals surface area contributed by atoms with Crippen LogP contribution >= 0.6 is 0 Å². The van der Waals surface area contributed by atoms with Crippen molar-refractivity contribution in [3.8, 4) is 11.3 Å². The molecule has 0 bridgehead atoms. The summed E-state index contributed by atoms with van der Waals surface area (Å²) in [4.78, 5) is 32.9. The van der Waals surface area contributed by atoms with E-state index < -0.39 is 5.54 Å². The number of imide groups is 1. The molecule has 1 spiro atoms. The van der Waals surface area contributed by atoms with E-state index in [1.807, 2.05) is 47.4 Å². The summed E-state index contributed by atoms with van der Waals surface area (Å²) in [6, 6.07) is 21.8. The van der Waals surface area contributed by atoms with Crippen molar-refractivity contribution in [1.29, 1.82) is 0 Å². The molecule has 7 heteroatoms. The minimum absolute atomic E-state index is 0.0591. The van der Waals surface area contributed by atoms with Gasteiger partial charge in [0.1, 0.15) is 11.3 Å². The van der Waals surface area contributed by atoms with E-state index in [1.165, 1.54) is 10.5 Å². The van der Waals surface area contributed by atoms with Gasteiger partial charge in [-0.1, -0.05) is 54.6 Å². The maximum absolute atomic E-state index is 13.8. The second-order valence-corrected chi connectivity index (χ2v) is 9.64. The van der Waals surface area contributed by atoms with Crippen LogP contribution < -0.4 is 0 Å². The van der Waals surface area contributed by atoms with Crippen LogP contribution in [0.3, 0.4) is 0 Å². The monoisotopic (exact) mass is 487 g/mol. The van der Waals surface area contributed by atoms with E-state index in [-0.39, 0.29) is 11.9 Å². The topological polar surface area (TPSA) is 66.2 Å². The van der Waals surface area contributed by atoms with Crippen molar-refractivity contribution in [1.82, 2.24) is 14.7 Å². The van der Waals surface area contributed by atoms with E-state index in [9.17, 15) is 9.59 Å². The maximum Gasteiger partial charge on any atom is 0.327 e. The summed E-state index contributed by atoms with van der Waals surface area (Å²) in [5.74, 6) is 0.802. The molecule has 36 heavy (non-hydrogen) atoms. The molecule has 5 rings (SSSR count). The van der Waals surface area contributed by atoms with E-state index >= 15 is 0 Å². The molecule has 2 fully saturated rings. The molecular weight excluding hydrogens is 454 g/mol. The fraction of sp³-hybridized carbons (Fsp3) is 0.379. The minimum atomic E-state index is -0.765. The molecule has 0 N–H and O–H groups in total. The van der Waals surface area contributed by atoms with Crippen LogP contribution in [0.5, 0.6) is 0 Å². The first-order valence-electron chi connectivity index (χ1n) is 12.6. The standard InChI is InChI=1S/C29H33N3O4/c1-35-19-6-16-32-28(34)31(22-23-7-3-2-4-8-23)27(33)29(32)14-17-30(18-15-29)21-24-10-12-25(13-11-24)26-9-5-20-36-26/h2-5,7-13,20H,6,14-19,21-22H2,1H3. The molecule has 2 aliphatic heterocycles. The normalized spacial score (nSPS) is 17.9. The largest absolute Gasteiger partial charge is 0.464 e. The molecule has 2 aromatic carbocycles. The Kier molecular flexibility index (Phi) is 7.20. The van der Waals surface area contributed by atoms with E-state index in [0.717, 1.165) is 36.5 Å². The number of hydrogen-bond donors (Lipinski definition) is 0. The predicted octanol–water partition coefficient (Wildman–Crippen LogP) is 4.78. The number of nitrogens with zero attached hydrogens (tertiary/aromatic N) is 3. The van der Waals surface area contributed by atoms with Crippen molar-refractivity contribution in [3.05, 3.63) is 84.1 Å². The molecule has 1 aromatic heterocycles. The molecule has 0 saturated carbocycles. The number of carbonyl (C=O) groups is 2. The molecule has 2 aliphatic rings. The highest BCUT2D eigenvalue weighted by Crippen LogP contribution is 2.38. The van der Waals surface area contributed by atoms with E-state index in [4.69, 9.17) is 9.15 Å². The number of urea groups is 1. The molecule has 0 atom stereocenters. The number of rotatable bonds is 9. The Morgan fingerprint density at radius 1 is 0.889 bits per heavy atom. The highest BCUT2D eigenvalue weighted by Gasteiger charge is 2.57.